The van der Waals surface area contributed by atoms with Gasteiger partial charge in [-0.05, 0) is 68.0 Å². The van der Waals surface area contributed by atoms with Crippen molar-refractivity contribution in [1.29, 1.82) is 0 Å². The Morgan fingerprint density at radius 1 is 1.22 bits per heavy atom. The number of hydrogen-bond acceptors (Lipinski definition) is 7. The fourth-order valence-corrected chi connectivity index (χ4v) is 7.21. The maximum absolute atomic E-state index is 13.4. The summed E-state index contributed by atoms with van der Waals surface area (Å²) in [6.07, 6.45) is 2.76. The third-order valence-electron chi connectivity index (χ3n) is 6.53. The molecular weight excluding hydrogens is 510 g/mol. The normalized spacial score (nSPS) is 16.8. The summed E-state index contributed by atoms with van der Waals surface area (Å²) in [4.78, 5) is 17.1. The van der Waals surface area contributed by atoms with Crippen molar-refractivity contribution in [3.8, 4) is 0 Å². The van der Waals surface area contributed by atoms with E-state index in [0.29, 0.717) is 55.6 Å². The highest BCUT2D eigenvalue weighted by atomic mass is 32.2. The predicted molar refractivity (Wildman–Crippen MR) is 145 cm³/mol. The van der Waals surface area contributed by atoms with E-state index < -0.39 is 10.0 Å². The van der Waals surface area contributed by atoms with Crippen molar-refractivity contribution >= 4 is 38.8 Å². The summed E-state index contributed by atoms with van der Waals surface area (Å²) < 4.78 is 40.8. The van der Waals surface area contributed by atoms with E-state index in [1.165, 1.54) is 7.11 Å². The zero-order chi connectivity index (χ0) is 26.4. The first-order valence-electron chi connectivity index (χ1n) is 12.7. The second-order valence-electron chi connectivity index (χ2n) is 9.34. The molecule has 0 saturated carbocycles. The number of thioether (sulfide) groups is 1. The molecule has 2 heterocycles. The molecule has 0 N–H and O–H groups in total. The molecule has 4 rings (SSSR count). The van der Waals surface area contributed by atoms with Gasteiger partial charge in [-0.25, -0.2) is 18.2 Å². The minimum atomic E-state index is -3.57. The monoisotopic (exact) mass is 545 g/mol. The van der Waals surface area contributed by atoms with Crippen LogP contribution < -0.4 is 0 Å². The Morgan fingerprint density at radius 3 is 2.81 bits per heavy atom. The van der Waals surface area contributed by atoms with E-state index in [-0.39, 0.29) is 10.9 Å². The van der Waals surface area contributed by atoms with Crippen LogP contribution in [-0.2, 0) is 31.8 Å². The number of sulfonamides is 1. The number of carbonyl (C=O) groups excluding carboxylic acids is 1. The highest BCUT2D eigenvalue weighted by Crippen LogP contribution is 2.30. The zero-order valence-corrected chi connectivity index (χ0v) is 23.3. The summed E-state index contributed by atoms with van der Waals surface area (Å²) in [5.74, 6) is 0.598. The molecule has 0 spiro atoms. The molecule has 0 radical (unpaired) electrons. The van der Waals surface area contributed by atoms with Crippen molar-refractivity contribution < 1.29 is 22.7 Å². The molecule has 1 saturated heterocycles. The number of imidazole rings is 1. The molecule has 1 fully saturated rings. The van der Waals surface area contributed by atoms with Crippen molar-refractivity contribution in [3.05, 3.63) is 53.6 Å². The highest BCUT2D eigenvalue weighted by Gasteiger charge is 2.29. The Bertz CT molecular complexity index is 1340. The fourth-order valence-electron chi connectivity index (χ4n) is 4.61. The second kappa shape index (κ2) is 12.4. The number of aryl methyl sites for hydroxylation is 1. The van der Waals surface area contributed by atoms with Gasteiger partial charge in [0.05, 0.1) is 28.6 Å². The topological polar surface area (TPSA) is 90.7 Å². The summed E-state index contributed by atoms with van der Waals surface area (Å²) in [6, 6.07) is 12.6. The fraction of sp³-hybridized carbons (Fsp3) is 0.481. The zero-order valence-electron chi connectivity index (χ0n) is 21.7. The SMILES string of the molecule is CCOCCCn1c(SCc2cccc(C(=O)OC)c2)nc2cc(S(=O)(=O)N3CCC[C@H](C)C3)ccc21. The van der Waals surface area contributed by atoms with Gasteiger partial charge in [0.2, 0.25) is 10.0 Å². The summed E-state index contributed by atoms with van der Waals surface area (Å²) in [6.45, 7) is 7.19. The number of benzene rings is 2. The van der Waals surface area contributed by atoms with Gasteiger partial charge < -0.3 is 14.0 Å². The van der Waals surface area contributed by atoms with Crippen molar-refractivity contribution in [2.75, 3.05) is 33.4 Å². The van der Waals surface area contributed by atoms with E-state index in [0.717, 1.165) is 35.5 Å². The van der Waals surface area contributed by atoms with E-state index in [1.807, 2.05) is 31.2 Å². The van der Waals surface area contributed by atoms with Gasteiger partial charge in [0.25, 0.3) is 0 Å². The van der Waals surface area contributed by atoms with Crippen molar-refractivity contribution in [1.82, 2.24) is 13.9 Å². The molecule has 1 aromatic heterocycles. The highest BCUT2D eigenvalue weighted by molar-refractivity contribution is 7.98. The van der Waals surface area contributed by atoms with Gasteiger partial charge in [0.15, 0.2) is 5.16 Å². The van der Waals surface area contributed by atoms with Crippen LogP contribution in [0.4, 0.5) is 0 Å². The van der Waals surface area contributed by atoms with Gasteiger partial charge in [-0.3, -0.25) is 0 Å². The minimum absolute atomic E-state index is 0.287. The molecule has 3 aromatic rings. The maximum atomic E-state index is 13.4. The Labute approximate surface area is 223 Å². The Hall–Kier alpha value is -2.40. The lowest BCUT2D eigenvalue weighted by molar-refractivity contribution is 0.0600. The minimum Gasteiger partial charge on any atom is -0.465 e. The number of aromatic nitrogens is 2. The number of methoxy groups -OCH3 is 1. The third-order valence-corrected chi connectivity index (χ3v) is 9.44. The first-order chi connectivity index (χ1) is 17.8. The van der Waals surface area contributed by atoms with Crippen molar-refractivity contribution in [2.45, 2.75) is 55.5 Å². The van der Waals surface area contributed by atoms with Gasteiger partial charge in [0.1, 0.15) is 0 Å². The number of carbonyl (C=O) groups is 1. The number of nitrogens with zero attached hydrogens (tertiary/aromatic N) is 3. The molecule has 1 aliphatic heterocycles. The number of rotatable bonds is 11. The first kappa shape index (κ1) is 27.6. The van der Waals surface area contributed by atoms with E-state index in [2.05, 4.69) is 11.5 Å². The lowest BCUT2D eigenvalue weighted by Gasteiger charge is -2.30. The van der Waals surface area contributed by atoms with Crippen LogP contribution in [0, 0.1) is 5.92 Å². The number of fused-ring (bicyclic) bond motifs is 1. The molecule has 2 aromatic carbocycles. The summed E-state index contributed by atoms with van der Waals surface area (Å²) in [5, 5.41) is 0.802. The van der Waals surface area contributed by atoms with Crippen molar-refractivity contribution in [2.24, 2.45) is 5.92 Å². The first-order valence-corrected chi connectivity index (χ1v) is 15.1. The molecule has 1 aliphatic rings. The molecule has 0 unspecified atom stereocenters. The maximum Gasteiger partial charge on any atom is 0.337 e. The lowest BCUT2D eigenvalue weighted by atomic mass is 10.0. The lowest BCUT2D eigenvalue weighted by Crippen LogP contribution is -2.39. The summed E-state index contributed by atoms with van der Waals surface area (Å²) in [7, 11) is -2.20. The van der Waals surface area contributed by atoms with Gasteiger partial charge in [-0.2, -0.15) is 4.31 Å². The number of piperidine rings is 1. The van der Waals surface area contributed by atoms with Crippen LogP contribution in [-0.4, -0.2) is 61.7 Å². The number of hydrogen-bond donors (Lipinski definition) is 0. The smallest absolute Gasteiger partial charge is 0.337 e. The Balaban J connectivity index is 1.62. The molecule has 10 heteroatoms. The van der Waals surface area contributed by atoms with Crippen LogP contribution in [0.25, 0.3) is 11.0 Å². The third kappa shape index (κ3) is 6.54. The average Bonchev–Trinajstić information content (AvgIpc) is 3.26. The van der Waals surface area contributed by atoms with Gasteiger partial charge >= 0.3 is 5.97 Å². The molecular formula is C27H35N3O5S2. The number of ether oxygens (including phenoxy) is 2. The Kier molecular flexibility index (Phi) is 9.28. The van der Waals surface area contributed by atoms with Crippen LogP contribution in [0.15, 0.2) is 52.5 Å². The molecule has 0 bridgehead atoms. The van der Waals surface area contributed by atoms with Crippen LogP contribution >= 0.6 is 11.8 Å². The van der Waals surface area contributed by atoms with Crippen molar-refractivity contribution in [3.63, 3.8) is 0 Å². The molecule has 200 valence electrons. The van der Waals surface area contributed by atoms with Gasteiger partial charge in [-0.1, -0.05) is 30.8 Å². The Morgan fingerprint density at radius 2 is 2.05 bits per heavy atom. The average molecular weight is 546 g/mol. The van der Waals surface area contributed by atoms with Crippen LogP contribution in [0.2, 0.25) is 0 Å². The predicted octanol–water partition coefficient (Wildman–Crippen LogP) is 4.96. The van der Waals surface area contributed by atoms with E-state index in [1.54, 1.807) is 34.3 Å². The quantitative estimate of drug-likeness (QED) is 0.191. The summed E-state index contributed by atoms with van der Waals surface area (Å²) in [5.41, 5.74) is 3.04. The molecule has 1 atom stereocenters. The molecule has 0 aliphatic carbocycles. The largest absolute Gasteiger partial charge is 0.465 e. The van der Waals surface area contributed by atoms with Gasteiger partial charge in [-0.15, -0.1) is 0 Å². The number of esters is 1. The van der Waals surface area contributed by atoms with Gasteiger partial charge in [0, 0.05) is 38.6 Å². The van der Waals surface area contributed by atoms with E-state index in [4.69, 9.17) is 14.5 Å². The van der Waals surface area contributed by atoms with E-state index in [9.17, 15) is 13.2 Å². The molecule has 8 nitrogen and oxygen atoms in total. The van der Waals surface area contributed by atoms with E-state index >= 15 is 0 Å². The second-order valence-corrected chi connectivity index (χ2v) is 12.2. The van der Waals surface area contributed by atoms with Crippen LogP contribution in [0.1, 0.15) is 49.0 Å². The standard InChI is InChI=1S/C27H35N3O5S2/c1-4-35-15-7-14-30-25-12-11-23(37(32,33)29-13-6-8-20(2)18-29)17-24(25)28-27(30)36-19-21-9-5-10-22(16-21)26(31)34-3/h5,9-12,16-17,20H,4,6-8,13-15,18-19H2,1-3H3/t20-/m0/s1. The summed E-state index contributed by atoms with van der Waals surface area (Å²) >= 11 is 1.56. The molecule has 37 heavy (non-hydrogen) atoms. The van der Waals surface area contributed by atoms with Crippen LogP contribution in [0.5, 0.6) is 0 Å². The van der Waals surface area contributed by atoms with Crippen LogP contribution in [0.3, 0.4) is 0 Å². The molecule has 0 amide bonds.